The molecular formula is C19H25N3O2. The fraction of sp³-hybridized carbons (Fsp3) is 0.474. The van der Waals surface area contributed by atoms with Crippen molar-refractivity contribution in [1.29, 1.82) is 0 Å². The number of aromatic nitrogens is 2. The molecule has 0 bridgehead atoms. The van der Waals surface area contributed by atoms with E-state index in [1.165, 1.54) is 5.56 Å². The van der Waals surface area contributed by atoms with Crippen molar-refractivity contribution in [2.75, 3.05) is 25.1 Å². The summed E-state index contributed by atoms with van der Waals surface area (Å²) in [4.78, 5) is 8.97. The zero-order valence-corrected chi connectivity index (χ0v) is 14.4. The molecule has 1 aromatic heterocycles. The SMILES string of the molecule is CC(CNc1ccnc(Cc2ccccc2)n1)CC1(C)OCCO1. The summed E-state index contributed by atoms with van der Waals surface area (Å²) in [5.41, 5.74) is 1.21. The highest BCUT2D eigenvalue weighted by atomic mass is 16.7. The highest BCUT2D eigenvalue weighted by molar-refractivity contribution is 5.33. The second kappa shape index (κ2) is 7.73. The molecule has 1 N–H and O–H groups in total. The fourth-order valence-electron chi connectivity index (χ4n) is 3.02. The van der Waals surface area contributed by atoms with Crippen LogP contribution >= 0.6 is 0 Å². The van der Waals surface area contributed by atoms with Crippen LogP contribution in [-0.4, -0.2) is 35.5 Å². The second-order valence-electron chi connectivity index (χ2n) is 6.54. The minimum absolute atomic E-state index is 0.417. The molecule has 1 unspecified atom stereocenters. The van der Waals surface area contributed by atoms with Crippen LogP contribution in [0.5, 0.6) is 0 Å². The van der Waals surface area contributed by atoms with Gasteiger partial charge in [-0.3, -0.25) is 0 Å². The molecule has 5 nitrogen and oxygen atoms in total. The van der Waals surface area contributed by atoms with Crippen LogP contribution in [0, 0.1) is 5.92 Å². The van der Waals surface area contributed by atoms with Crippen molar-refractivity contribution in [3.8, 4) is 0 Å². The van der Waals surface area contributed by atoms with E-state index >= 15 is 0 Å². The largest absolute Gasteiger partial charge is 0.370 e. The Labute approximate surface area is 143 Å². The monoisotopic (exact) mass is 327 g/mol. The number of hydrogen-bond acceptors (Lipinski definition) is 5. The van der Waals surface area contributed by atoms with Gasteiger partial charge >= 0.3 is 0 Å². The number of ether oxygens (including phenoxy) is 2. The van der Waals surface area contributed by atoms with E-state index in [2.05, 4.69) is 34.3 Å². The maximum absolute atomic E-state index is 5.67. The predicted octanol–water partition coefficient (Wildman–Crippen LogP) is 3.27. The highest BCUT2D eigenvalue weighted by Crippen LogP contribution is 2.26. The molecule has 1 saturated heterocycles. The van der Waals surface area contributed by atoms with Crippen molar-refractivity contribution < 1.29 is 9.47 Å². The number of nitrogens with zero attached hydrogens (tertiary/aromatic N) is 2. The number of rotatable bonds is 7. The average Bonchev–Trinajstić information content (AvgIpc) is 3.00. The first-order valence-corrected chi connectivity index (χ1v) is 8.51. The van der Waals surface area contributed by atoms with Crippen LogP contribution in [0.25, 0.3) is 0 Å². The summed E-state index contributed by atoms with van der Waals surface area (Å²) < 4.78 is 11.3. The normalized spacial score (nSPS) is 17.6. The number of hydrogen-bond donors (Lipinski definition) is 1. The van der Waals surface area contributed by atoms with Crippen LogP contribution in [0.15, 0.2) is 42.6 Å². The zero-order chi connectivity index (χ0) is 16.8. The Kier molecular flexibility index (Phi) is 5.43. The van der Waals surface area contributed by atoms with E-state index in [0.29, 0.717) is 19.1 Å². The Bertz CT molecular complexity index is 642. The third-order valence-electron chi connectivity index (χ3n) is 4.16. The molecule has 1 aliphatic rings. The van der Waals surface area contributed by atoms with Crippen molar-refractivity contribution in [3.63, 3.8) is 0 Å². The standard InChI is InChI=1S/C19H25N3O2/c1-15(13-19(2)23-10-11-24-19)14-21-17-8-9-20-18(22-17)12-16-6-4-3-5-7-16/h3-9,15H,10-14H2,1-2H3,(H,20,21,22). The van der Waals surface area contributed by atoms with Crippen LogP contribution in [0.3, 0.4) is 0 Å². The van der Waals surface area contributed by atoms with Crippen LogP contribution < -0.4 is 5.32 Å². The molecule has 1 aromatic carbocycles. The van der Waals surface area contributed by atoms with Gasteiger partial charge in [-0.2, -0.15) is 0 Å². The minimum atomic E-state index is -0.439. The number of anilines is 1. The first-order valence-electron chi connectivity index (χ1n) is 8.51. The Morgan fingerprint density at radius 1 is 1.17 bits per heavy atom. The van der Waals surface area contributed by atoms with Crippen molar-refractivity contribution in [3.05, 3.63) is 54.0 Å². The molecule has 2 heterocycles. The summed E-state index contributed by atoms with van der Waals surface area (Å²) in [6.45, 7) is 6.40. The van der Waals surface area contributed by atoms with Crippen molar-refractivity contribution in [1.82, 2.24) is 9.97 Å². The lowest BCUT2D eigenvalue weighted by molar-refractivity contribution is -0.153. The van der Waals surface area contributed by atoms with Gasteiger partial charge in [0.2, 0.25) is 0 Å². The smallest absolute Gasteiger partial charge is 0.166 e. The third kappa shape index (κ3) is 4.76. The van der Waals surface area contributed by atoms with Gasteiger partial charge in [-0.05, 0) is 24.5 Å². The predicted molar refractivity (Wildman–Crippen MR) is 93.9 cm³/mol. The van der Waals surface area contributed by atoms with Crippen LogP contribution in [0.4, 0.5) is 5.82 Å². The van der Waals surface area contributed by atoms with E-state index in [1.807, 2.05) is 37.4 Å². The lowest BCUT2D eigenvalue weighted by Crippen LogP contribution is -2.30. The maximum Gasteiger partial charge on any atom is 0.166 e. The highest BCUT2D eigenvalue weighted by Gasteiger charge is 2.32. The van der Waals surface area contributed by atoms with E-state index in [0.717, 1.165) is 31.0 Å². The topological polar surface area (TPSA) is 56.3 Å². The van der Waals surface area contributed by atoms with Crippen LogP contribution in [0.2, 0.25) is 0 Å². The third-order valence-corrected chi connectivity index (χ3v) is 4.16. The summed E-state index contributed by atoms with van der Waals surface area (Å²) in [7, 11) is 0. The maximum atomic E-state index is 5.67. The molecule has 0 saturated carbocycles. The van der Waals surface area contributed by atoms with E-state index in [-0.39, 0.29) is 0 Å². The molecule has 128 valence electrons. The molecule has 3 rings (SSSR count). The van der Waals surface area contributed by atoms with Gasteiger partial charge in [-0.1, -0.05) is 37.3 Å². The van der Waals surface area contributed by atoms with E-state index in [1.54, 1.807) is 0 Å². The summed E-state index contributed by atoms with van der Waals surface area (Å²) in [5, 5.41) is 3.40. The Morgan fingerprint density at radius 3 is 2.67 bits per heavy atom. The molecule has 1 fully saturated rings. The molecule has 0 aliphatic carbocycles. The summed E-state index contributed by atoms with van der Waals surface area (Å²) >= 11 is 0. The molecular weight excluding hydrogens is 302 g/mol. The zero-order valence-electron chi connectivity index (χ0n) is 14.4. The summed E-state index contributed by atoms with van der Waals surface area (Å²) in [6, 6.07) is 12.2. The minimum Gasteiger partial charge on any atom is -0.370 e. The van der Waals surface area contributed by atoms with Crippen molar-refractivity contribution in [2.24, 2.45) is 5.92 Å². The fourth-order valence-corrected chi connectivity index (χ4v) is 3.02. The van der Waals surface area contributed by atoms with Crippen LogP contribution in [-0.2, 0) is 15.9 Å². The van der Waals surface area contributed by atoms with Crippen LogP contribution in [0.1, 0.15) is 31.7 Å². The molecule has 2 aromatic rings. The number of benzene rings is 1. The molecule has 1 aliphatic heterocycles. The van der Waals surface area contributed by atoms with E-state index in [4.69, 9.17) is 9.47 Å². The van der Waals surface area contributed by atoms with Gasteiger partial charge in [0.05, 0.1) is 13.2 Å². The lowest BCUT2D eigenvalue weighted by atomic mass is 10.0. The van der Waals surface area contributed by atoms with E-state index < -0.39 is 5.79 Å². The van der Waals surface area contributed by atoms with Gasteiger partial charge in [0.25, 0.3) is 0 Å². The summed E-state index contributed by atoms with van der Waals surface area (Å²) in [6.07, 6.45) is 3.41. The molecule has 1 atom stereocenters. The molecule has 0 amide bonds. The van der Waals surface area contributed by atoms with Gasteiger partial charge in [0.15, 0.2) is 5.79 Å². The average molecular weight is 327 g/mol. The first-order chi connectivity index (χ1) is 11.6. The van der Waals surface area contributed by atoms with Gasteiger partial charge in [-0.15, -0.1) is 0 Å². The van der Waals surface area contributed by atoms with Gasteiger partial charge in [0, 0.05) is 25.6 Å². The van der Waals surface area contributed by atoms with Gasteiger partial charge in [-0.25, -0.2) is 9.97 Å². The Hall–Kier alpha value is -1.98. The first kappa shape index (κ1) is 16.9. The molecule has 0 spiro atoms. The summed E-state index contributed by atoms with van der Waals surface area (Å²) in [5.74, 6) is 1.67. The number of nitrogens with one attached hydrogen (secondary N) is 1. The second-order valence-corrected chi connectivity index (χ2v) is 6.54. The van der Waals surface area contributed by atoms with E-state index in [9.17, 15) is 0 Å². The lowest BCUT2D eigenvalue weighted by Gasteiger charge is -2.26. The van der Waals surface area contributed by atoms with Crippen molar-refractivity contribution >= 4 is 5.82 Å². The Morgan fingerprint density at radius 2 is 1.92 bits per heavy atom. The molecule has 0 radical (unpaired) electrons. The van der Waals surface area contributed by atoms with Gasteiger partial charge < -0.3 is 14.8 Å². The Balaban J connectivity index is 1.53. The molecule has 24 heavy (non-hydrogen) atoms. The molecule has 5 heteroatoms. The quantitative estimate of drug-likeness (QED) is 0.846. The van der Waals surface area contributed by atoms with Crippen molar-refractivity contribution in [2.45, 2.75) is 32.5 Å². The van der Waals surface area contributed by atoms with Gasteiger partial charge in [0.1, 0.15) is 11.6 Å².